The summed E-state index contributed by atoms with van der Waals surface area (Å²) in [5.74, 6) is -0.143. The summed E-state index contributed by atoms with van der Waals surface area (Å²) < 4.78 is 0.750. The van der Waals surface area contributed by atoms with Crippen molar-refractivity contribution in [2.45, 2.75) is 12.8 Å². The Hall–Kier alpha value is -2.99. The maximum absolute atomic E-state index is 12.7. The van der Waals surface area contributed by atoms with Crippen LogP contribution in [0.5, 0.6) is 0 Å². The van der Waals surface area contributed by atoms with Crippen LogP contribution >= 0.6 is 15.9 Å². The number of anilines is 2. The summed E-state index contributed by atoms with van der Waals surface area (Å²) in [5.41, 5.74) is 4.02. The average molecular weight is 436 g/mol. The van der Waals surface area contributed by atoms with E-state index < -0.39 is 0 Å². The van der Waals surface area contributed by atoms with Crippen LogP contribution in [0, 0.1) is 0 Å². The molecule has 0 spiro atoms. The number of aromatic nitrogens is 1. The zero-order valence-corrected chi connectivity index (χ0v) is 16.6. The third kappa shape index (κ3) is 3.82. The van der Waals surface area contributed by atoms with E-state index >= 15 is 0 Å². The van der Waals surface area contributed by atoms with Crippen LogP contribution in [-0.4, -0.2) is 23.3 Å². The van der Waals surface area contributed by atoms with E-state index in [1.54, 1.807) is 17.2 Å². The molecule has 28 heavy (non-hydrogen) atoms. The third-order valence-electron chi connectivity index (χ3n) is 4.71. The van der Waals surface area contributed by atoms with Gasteiger partial charge in [-0.2, -0.15) is 0 Å². The number of amides is 2. The Balaban J connectivity index is 1.48. The van der Waals surface area contributed by atoms with Gasteiger partial charge in [-0.05, 0) is 70.4 Å². The monoisotopic (exact) mass is 435 g/mol. The number of fused-ring (bicyclic) bond motifs is 1. The molecule has 2 heterocycles. The van der Waals surface area contributed by atoms with Gasteiger partial charge in [0, 0.05) is 34.3 Å². The maximum Gasteiger partial charge on any atom is 0.256 e. The molecule has 140 valence electrons. The van der Waals surface area contributed by atoms with E-state index in [-0.39, 0.29) is 18.2 Å². The summed E-state index contributed by atoms with van der Waals surface area (Å²) in [6.07, 6.45) is 2.74. The number of carbonyl (C=O) groups excluding carboxylic acids is 2. The fourth-order valence-electron chi connectivity index (χ4n) is 3.34. The van der Waals surface area contributed by atoms with E-state index in [1.807, 2.05) is 54.6 Å². The highest BCUT2D eigenvalue weighted by Crippen LogP contribution is 2.31. The fraction of sp³-hybridized carbons (Fsp3) is 0.136. The van der Waals surface area contributed by atoms with Crippen LogP contribution in [0.1, 0.15) is 21.6 Å². The van der Waals surface area contributed by atoms with E-state index in [4.69, 9.17) is 0 Å². The minimum Gasteiger partial charge on any atom is -0.322 e. The molecule has 6 heteroatoms. The molecule has 0 bridgehead atoms. The molecule has 1 aliphatic heterocycles. The van der Waals surface area contributed by atoms with Gasteiger partial charge in [0.1, 0.15) is 0 Å². The van der Waals surface area contributed by atoms with Crippen LogP contribution in [0.4, 0.5) is 11.4 Å². The number of hydrogen-bond acceptors (Lipinski definition) is 3. The molecule has 1 N–H and O–H groups in total. The van der Waals surface area contributed by atoms with E-state index in [2.05, 4.69) is 26.2 Å². The lowest BCUT2D eigenvalue weighted by molar-refractivity contribution is -0.117. The SMILES string of the molecule is O=C(Nc1ccc2c(c1)CCN2C(=O)Cc1ccccn1)c1ccccc1Br. The van der Waals surface area contributed by atoms with Crippen LogP contribution in [0.2, 0.25) is 0 Å². The van der Waals surface area contributed by atoms with Crippen molar-refractivity contribution in [2.24, 2.45) is 0 Å². The highest BCUT2D eigenvalue weighted by Gasteiger charge is 2.25. The predicted molar refractivity (Wildman–Crippen MR) is 113 cm³/mol. The lowest BCUT2D eigenvalue weighted by atomic mass is 10.1. The van der Waals surface area contributed by atoms with Crippen LogP contribution in [-0.2, 0) is 17.6 Å². The first-order valence-electron chi connectivity index (χ1n) is 9.01. The van der Waals surface area contributed by atoms with Gasteiger partial charge in [0.05, 0.1) is 12.0 Å². The van der Waals surface area contributed by atoms with E-state index in [1.165, 1.54) is 0 Å². The molecule has 0 fully saturated rings. The van der Waals surface area contributed by atoms with Crippen molar-refractivity contribution in [3.8, 4) is 0 Å². The summed E-state index contributed by atoms with van der Waals surface area (Å²) >= 11 is 3.40. The van der Waals surface area contributed by atoms with Gasteiger partial charge < -0.3 is 10.2 Å². The van der Waals surface area contributed by atoms with Gasteiger partial charge in [0.2, 0.25) is 5.91 Å². The number of hydrogen-bond donors (Lipinski definition) is 1. The summed E-state index contributed by atoms with van der Waals surface area (Å²) in [7, 11) is 0. The lowest BCUT2D eigenvalue weighted by Crippen LogP contribution is -2.30. The molecule has 2 amide bonds. The zero-order valence-electron chi connectivity index (χ0n) is 15.1. The first-order chi connectivity index (χ1) is 13.6. The van der Waals surface area contributed by atoms with E-state index in [0.29, 0.717) is 12.1 Å². The normalized spacial score (nSPS) is 12.5. The molecule has 0 saturated carbocycles. The number of pyridine rings is 1. The summed E-state index contributed by atoms with van der Waals surface area (Å²) in [4.78, 5) is 31.2. The van der Waals surface area contributed by atoms with Gasteiger partial charge >= 0.3 is 0 Å². The van der Waals surface area contributed by atoms with Crippen LogP contribution < -0.4 is 10.2 Å². The van der Waals surface area contributed by atoms with Crippen LogP contribution in [0.3, 0.4) is 0 Å². The topological polar surface area (TPSA) is 62.3 Å². The molecule has 0 saturated heterocycles. The van der Waals surface area contributed by atoms with Crippen LogP contribution in [0.25, 0.3) is 0 Å². The minimum atomic E-state index is -0.173. The summed E-state index contributed by atoms with van der Waals surface area (Å²) in [5, 5.41) is 2.93. The second-order valence-corrected chi connectivity index (χ2v) is 7.43. The zero-order chi connectivity index (χ0) is 19.5. The number of carbonyl (C=O) groups is 2. The van der Waals surface area contributed by atoms with Crippen LogP contribution in [0.15, 0.2) is 71.3 Å². The third-order valence-corrected chi connectivity index (χ3v) is 5.40. The Labute approximate surface area is 171 Å². The Morgan fingerprint density at radius 3 is 2.68 bits per heavy atom. The number of nitrogens with zero attached hydrogens (tertiary/aromatic N) is 2. The lowest BCUT2D eigenvalue weighted by Gasteiger charge is -2.17. The van der Waals surface area contributed by atoms with Gasteiger partial charge in [0.25, 0.3) is 5.91 Å². The molecule has 1 aliphatic rings. The van der Waals surface area contributed by atoms with Gasteiger partial charge in [-0.25, -0.2) is 0 Å². The highest BCUT2D eigenvalue weighted by atomic mass is 79.9. The van der Waals surface area contributed by atoms with Crippen molar-refractivity contribution in [1.82, 2.24) is 4.98 Å². The molecule has 3 aromatic rings. The second kappa shape index (κ2) is 7.94. The number of rotatable bonds is 4. The second-order valence-electron chi connectivity index (χ2n) is 6.57. The van der Waals surface area contributed by atoms with Gasteiger partial charge in [-0.1, -0.05) is 18.2 Å². The molecular formula is C22H18BrN3O2. The van der Waals surface area contributed by atoms with Gasteiger partial charge in [-0.15, -0.1) is 0 Å². The van der Waals surface area contributed by atoms with E-state index in [9.17, 15) is 9.59 Å². The highest BCUT2D eigenvalue weighted by molar-refractivity contribution is 9.10. The first kappa shape index (κ1) is 18.4. The quantitative estimate of drug-likeness (QED) is 0.666. The Morgan fingerprint density at radius 2 is 1.89 bits per heavy atom. The van der Waals surface area contributed by atoms with Gasteiger partial charge in [0.15, 0.2) is 0 Å². The standard InChI is InChI=1S/C22H18BrN3O2/c23-19-7-2-1-6-18(19)22(28)25-17-8-9-20-15(13-17)10-12-26(20)21(27)14-16-5-3-4-11-24-16/h1-9,11,13H,10,12,14H2,(H,25,28). The largest absolute Gasteiger partial charge is 0.322 e. The molecule has 5 nitrogen and oxygen atoms in total. The molecule has 1 aromatic heterocycles. The molecule has 0 atom stereocenters. The van der Waals surface area contributed by atoms with Crippen molar-refractivity contribution in [3.05, 3.63) is 88.2 Å². The summed E-state index contributed by atoms with van der Waals surface area (Å²) in [6, 6.07) is 18.5. The number of benzene rings is 2. The fourth-order valence-corrected chi connectivity index (χ4v) is 3.80. The molecule has 0 radical (unpaired) electrons. The Morgan fingerprint density at radius 1 is 1.07 bits per heavy atom. The Kier molecular flexibility index (Phi) is 5.21. The molecule has 4 rings (SSSR count). The molecule has 2 aromatic carbocycles. The smallest absolute Gasteiger partial charge is 0.256 e. The predicted octanol–water partition coefficient (Wildman–Crippen LogP) is 4.23. The van der Waals surface area contributed by atoms with Crippen molar-refractivity contribution >= 4 is 39.1 Å². The number of halogens is 1. The van der Waals surface area contributed by atoms with Crippen molar-refractivity contribution in [3.63, 3.8) is 0 Å². The number of nitrogens with one attached hydrogen (secondary N) is 1. The average Bonchev–Trinajstić information content (AvgIpc) is 3.12. The molecule has 0 aliphatic carbocycles. The first-order valence-corrected chi connectivity index (χ1v) is 9.80. The minimum absolute atomic E-state index is 0.0300. The Bertz CT molecular complexity index is 1040. The molecular weight excluding hydrogens is 418 g/mol. The van der Waals surface area contributed by atoms with Crippen molar-refractivity contribution < 1.29 is 9.59 Å². The van der Waals surface area contributed by atoms with Crippen molar-refractivity contribution in [1.29, 1.82) is 0 Å². The summed E-state index contributed by atoms with van der Waals surface area (Å²) in [6.45, 7) is 0.642. The van der Waals surface area contributed by atoms with Gasteiger partial charge in [-0.3, -0.25) is 14.6 Å². The van der Waals surface area contributed by atoms with Crippen molar-refractivity contribution in [2.75, 3.05) is 16.8 Å². The maximum atomic E-state index is 12.7. The molecule has 0 unspecified atom stereocenters. The van der Waals surface area contributed by atoms with E-state index in [0.717, 1.165) is 33.5 Å².